The summed E-state index contributed by atoms with van der Waals surface area (Å²) in [6, 6.07) is 0. The van der Waals surface area contributed by atoms with Gasteiger partial charge in [0.25, 0.3) is 0 Å². The molecule has 1 aromatic heterocycles. The van der Waals surface area contributed by atoms with E-state index in [1.165, 1.54) is 0 Å². The molecule has 1 aliphatic rings. The lowest BCUT2D eigenvalue weighted by atomic mass is 9.63. The van der Waals surface area contributed by atoms with Gasteiger partial charge in [-0.15, -0.1) is 0 Å². The van der Waals surface area contributed by atoms with Gasteiger partial charge in [-0.05, 0) is 19.8 Å². The van der Waals surface area contributed by atoms with E-state index in [0.717, 1.165) is 30.6 Å². The Bertz CT molecular complexity index is 352. The van der Waals surface area contributed by atoms with E-state index in [1.807, 2.05) is 6.92 Å². The number of rotatable bonds is 3. The molecule has 14 heavy (non-hydrogen) atoms. The lowest BCUT2D eigenvalue weighted by Crippen LogP contribution is -2.36. The Kier molecular flexibility index (Phi) is 2.06. The first kappa shape index (κ1) is 9.24. The Morgan fingerprint density at radius 3 is 2.79 bits per heavy atom. The van der Waals surface area contributed by atoms with E-state index in [9.17, 15) is 4.79 Å². The molecule has 0 aromatic carbocycles. The summed E-state index contributed by atoms with van der Waals surface area (Å²) in [4.78, 5) is 10.8. The zero-order valence-corrected chi connectivity index (χ0v) is 8.12. The monoisotopic (exact) mass is 195 g/mol. The van der Waals surface area contributed by atoms with Gasteiger partial charge in [-0.3, -0.25) is 4.79 Å². The summed E-state index contributed by atoms with van der Waals surface area (Å²) in [6.45, 7) is 1.84. The molecule has 0 aliphatic heterocycles. The van der Waals surface area contributed by atoms with Crippen LogP contribution < -0.4 is 0 Å². The standard InChI is InChI=1S/C10H13NO3/c1-7-8(6-11-14-7)10(3-2-4-10)5-9(12)13/h6H,2-5H2,1H3,(H,12,13). The van der Waals surface area contributed by atoms with E-state index in [0.29, 0.717) is 0 Å². The highest BCUT2D eigenvalue weighted by Crippen LogP contribution is 2.47. The van der Waals surface area contributed by atoms with Crippen LogP contribution in [0.2, 0.25) is 0 Å². The van der Waals surface area contributed by atoms with Crippen LogP contribution in [0.5, 0.6) is 0 Å². The second-order valence-electron chi connectivity index (χ2n) is 4.00. The van der Waals surface area contributed by atoms with Gasteiger partial charge in [0.15, 0.2) is 0 Å². The molecule has 0 radical (unpaired) electrons. The smallest absolute Gasteiger partial charge is 0.304 e. The average molecular weight is 195 g/mol. The van der Waals surface area contributed by atoms with E-state index in [-0.39, 0.29) is 11.8 Å². The van der Waals surface area contributed by atoms with Crippen LogP contribution in [0, 0.1) is 6.92 Å². The van der Waals surface area contributed by atoms with Crippen molar-refractivity contribution in [3.63, 3.8) is 0 Å². The van der Waals surface area contributed by atoms with Crippen molar-refractivity contribution in [1.82, 2.24) is 5.16 Å². The number of carboxylic acids is 1. The first-order valence-electron chi connectivity index (χ1n) is 4.78. The Hall–Kier alpha value is -1.32. The van der Waals surface area contributed by atoms with Crippen LogP contribution in [-0.2, 0) is 10.2 Å². The molecule has 0 unspecified atom stereocenters. The molecule has 1 fully saturated rings. The van der Waals surface area contributed by atoms with E-state index >= 15 is 0 Å². The largest absolute Gasteiger partial charge is 0.481 e. The maximum Gasteiger partial charge on any atom is 0.304 e. The van der Waals surface area contributed by atoms with Crippen LogP contribution in [0.15, 0.2) is 10.7 Å². The second kappa shape index (κ2) is 3.12. The van der Waals surface area contributed by atoms with Crippen LogP contribution in [0.25, 0.3) is 0 Å². The molecule has 4 nitrogen and oxygen atoms in total. The van der Waals surface area contributed by atoms with Crippen LogP contribution in [0.1, 0.15) is 37.0 Å². The van der Waals surface area contributed by atoms with E-state index in [4.69, 9.17) is 9.63 Å². The Morgan fingerprint density at radius 1 is 1.71 bits per heavy atom. The quantitative estimate of drug-likeness (QED) is 0.799. The summed E-state index contributed by atoms with van der Waals surface area (Å²) < 4.78 is 4.99. The Morgan fingerprint density at radius 2 is 2.43 bits per heavy atom. The molecule has 0 amide bonds. The maximum absolute atomic E-state index is 10.8. The summed E-state index contributed by atoms with van der Waals surface area (Å²) in [5.74, 6) is 0.0104. The predicted molar refractivity (Wildman–Crippen MR) is 49.0 cm³/mol. The number of nitrogens with zero attached hydrogens (tertiary/aromatic N) is 1. The molecule has 1 aliphatic carbocycles. The fourth-order valence-corrected chi connectivity index (χ4v) is 2.24. The van der Waals surface area contributed by atoms with Crippen LogP contribution >= 0.6 is 0 Å². The first-order valence-corrected chi connectivity index (χ1v) is 4.78. The normalized spacial score (nSPS) is 18.9. The van der Waals surface area contributed by atoms with Gasteiger partial charge in [0.05, 0.1) is 12.6 Å². The van der Waals surface area contributed by atoms with Crippen molar-refractivity contribution in [2.75, 3.05) is 0 Å². The summed E-state index contributed by atoms with van der Waals surface area (Å²) in [6.07, 6.45) is 4.81. The predicted octanol–water partition coefficient (Wildman–Crippen LogP) is 1.88. The van der Waals surface area contributed by atoms with Gasteiger partial charge >= 0.3 is 5.97 Å². The number of aliphatic carboxylic acids is 1. The third-order valence-corrected chi connectivity index (χ3v) is 3.12. The number of hydrogen-bond acceptors (Lipinski definition) is 3. The van der Waals surface area contributed by atoms with E-state index in [1.54, 1.807) is 6.20 Å². The molecule has 4 heteroatoms. The molecule has 0 bridgehead atoms. The number of aryl methyl sites for hydroxylation is 1. The Labute approximate surface area is 81.9 Å². The molecule has 76 valence electrons. The number of aromatic nitrogens is 1. The lowest BCUT2D eigenvalue weighted by Gasteiger charge is -2.40. The van der Waals surface area contributed by atoms with Gasteiger partial charge in [-0.2, -0.15) is 0 Å². The molecule has 2 rings (SSSR count). The van der Waals surface area contributed by atoms with E-state index in [2.05, 4.69) is 5.16 Å². The van der Waals surface area contributed by atoms with Gasteiger partial charge < -0.3 is 9.63 Å². The van der Waals surface area contributed by atoms with Gasteiger partial charge in [0.2, 0.25) is 0 Å². The summed E-state index contributed by atoms with van der Waals surface area (Å²) in [7, 11) is 0. The summed E-state index contributed by atoms with van der Waals surface area (Å²) in [5, 5.41) is 12.6. The zero-order chi connectivity index (χ0) is 10.2. The topological polar surface area (TPSA) is 63.3 Å². The third kappa shape index (κ3) is 1.31. The second-order valence-corrected chi connectivity index (χ2v) is 4.00. The SMILES string of the molecule is Cc1oncc1C1(CC(=O)O)CCC1. The average Bonchev–Trinajstić information content (AvgIpc) is 2.44. The molecule has 0 atom stereocenters. The van der Waals surface area contributed by atoms with Crippen LogP contribution in [0.4, 0.5) is 0 Å². The van der Waals surface area contributed by atoms with Crippen molar-refractivity contribution in [2.45, 2.75) is 38.0 Å². The molecule has 1 N–H and O–H groups in total. The van der Waals surface area contributed by atoms with Crippen LogP contribution in [0.3, 0.4) is 0 Å². The minimum absolute atomic E-state index is 0.190. The van der Waals surface area contributed by atoms with E-state index < -0.39 is 5.97 Å². The van der Waals surface area contributed by atoms with Gasteiger partial charge in [-0.25, -0.2) is 0 Å². The fourth-order valence-electron chi connectivity index (χ4n) is 2.24. The van der Waals surface area contributed by atoms with Crippen LogP contribution in [-0.4, -0.2) is 16.2 Å². The van der Waals surface area contributed by atoms with Crippen molar-refractivity contribution in [2.24, 2.45) is 0 Å². The number of carbonyl (C=O) groups is 1. The molecule has 1 aromatic rings. The van der Waals surface area contributed by atoms with Crippen molar-refractivity contribution in [1.29, 1.82) is 0 Å². The van der Waals surface area contributed by atoms with Crippen molar-refractivity contribution < 1.29 is 14.4 Å². The summed E-state index contributed by atoms with van der Waals surface area (Å²) in [5.41, 5.74) is 0.779. The fraction of sp³-hybridized carbons (Fsp3) is 0.600. The minimum Gasteiger partial charge on any atom is -0.481 e. The highest BCUT2D eigenvalue weighted by molar-refractivity contribution is 5.69. The molecular formula is C10H13NO3. The molecule has 0 spiro atoms. The van der Waals surface area contributed by atoms with Crippen molar-refractivity contribution in [3.8, 4) is 0 Å². The third-order valence-electron chi connectivity index (χ3n) is 3.12. The molecule has 0 saturated heterocycles. The molecule has 1 saturated carbocycles. The Balaban J connectivity index is 2.29. The summed E-state index contributed by atoms with van der Waals surface area (Å²) >= 11 is 0. The zero-order valence-electron chi connectivity index (χ0n) is 8.12. The molecule has 1 heterocycles. The minimum atomic E-state index is -0.745. The maximum atomic E-state index is 10.8. The number of hydrogen-bond donors (Lipinski definition) is 1. The van der Waals surface area contributed by atoms with Crippen molar-refractivity contribution >= 4 is 5.97 Å². The van der Waals surface area contributed by atoms with Crippen molar-refractivity contribution in [3.05, 3.63) is 17.5 Å². The van der Waals surface area contributed by atoms with Gasteiger partial charge in [0, 0.05) is 11.0 Å². The van der Waals surface area contributed by atoms with Gasteiger partial charge in [-0.1, -0.05) is 11.6 Å². The lowest BCUT2D eigenvalue weighted by molar-refractivity contribution is -0.139. The number of carboxylic acid groups (broad SMARTS) is 1. The molecular weight excluding hydrogens is 182 g/mol. The van der Waals surface area contributed by atoms with Gasteiger partial charge in [0.1, 0.15) is 5.76 Å². The highest BCUT2D eigenvalue weighted by atomic mass is 16.5. The highest BCUT2D eigenvalue weighted by Gasteiger charge is 2.42. The first-order chi connectivity index (χ1) is 6.64.